The van der Waals surface area contributed by atoms with E-state index in [0.29, 0.717) is 6.04 Å². The fraction of sp³-hybridized carbons (Fsp3) is 0.636. The third-order valence-corrected chi connectivity index (χ3v) is 3.72. The third-order valence-electron chi connectivity index (χ3n) is 2.99. The van der Waals surface area contributed by atoms with Crippen LogP contribution in [0.15, 0.2) is 17.4 Å². The minimum absolute atomic E-state index is 0.245. The van der Waals surface area contributed by atoms with E-state index in [9.17, 15) is 5.11 Å². The molecule has 2 heterocycles. The second kappa shape index (κ2) is 5.61. The van der Waals surface area contributed by atoms with E-state index in [4.69, 9.17) is 0 Å². The van der Waals surface area contributed by atoms with E-state index in [2.05, 4.69) is 14.9 Å². The summed E-state index contributed by atoms with van der Waals surface area (Å²) in [5.74, 6) is 0. The van der Waals surface area contributed by atoms with Crippen molar-refractivity contribution in [2.24, 2.45) is 0 Å². The molecule has 1 N–H and O–H groups in total. The molecule has 16 heavy (non-hydrogen) atoms. The summed E-state index contributed by atoms with van der Waals surface area (Å²) in [5, 5.41) is 10.2. The second-order valence-electron chi connectivity index (χ2n) is 3.96. The van der Waals surface area contributed by atoms with E-state index in [-0.39, 0.29) is 6.61 Å². The summed E-state index contributed by atoms with van der Waals surface area (Å²) in [5.41, 5.74) is 1.02. The standard InChI is InChI=1S/C11H17N3OS/c1-16-11-10(12-4-5-13-11)7-14-6-2-3-9(14)8-15/h4-5,9,15H,2-3,6-8H2,1H3/t9-/m1/s1. The monoisotopic (exact) mass is 239 g/mol. The fourth-order valence-electron chi connectivity index (χ4n) is 2.14. The molecule has 2 rings (SSSR count). The number of aliphatic hydroxyl groups excluding tert-OH is 1. The van der Waals surface area contributed by atoms with Crippen LogP contribution in [0.5, 0.6) is 0 Å². The summed E-state index contributed by atoms with van der Waals surface area (Å²) in [4.78, 5) is 11.0. The van der Waals surface area contributed by atoms with Crippen molar-refractivity contribution >= 4 is 11.8 Å². The Kier molecular flexibility index (Phi) is 4.15. The van der Waals surface area contributed by atoms with Gasteiger partial charge in [0.2, 0.25) is 0 Å². The third kappa shape index (κ3) is 2.53. The molecule has 0 spiro atoms. The lowest BCUT2D eigenvalue weighted by Gasteiger charge is -2.22. The van der Waals surface area contributed by atoms with Gasteiger partial charge in [0.15, 0.2) is 0 Å². The second-order valence-corrected chi connectivity index (χ2v) is 4.76. The molecular formula is C11H17N3OS. The van der Waals surface area contributed by atoms with Crippen LogP contribution < -0.4 is 0 Å². The van der Waals surface area contributed by atoms with Crippen molar-refractivity contribution in [2.45, 2.75) is 30.5 Å². The zero-order valence-corrected chi connectivity index (χ0v) is 10.3. The van der Waals surface area contributed by atoms with Gasteiger partial charge in [-0.05, 0) is 25.6 Å². The molecule has 0 bridgehead atoms. The topological polar surface area (TPSA) is 49.2 Å². The van der Waals surface area contributed by atoms with E-state index in [1.54, 1.807) is 24.2 Å². The van der Waals surface area contributed by atoms with Crippen LogP contribution in [0.3, 0.4) is 0 Å². The van der Waals surface area contributed by atoms with Crippen LogP contribution in [-0.2, 0) is 6.54 Å². The number of hydrogen-bond donors (Lipinski definition) is 1. The molecule has 1 aliphatic heterocycles. The summed E-state index contributed by atoms with van der Waals surface area (Å²) in [6.07, 6.45) is 7.73. The maximum absolute atomic E-state index is 9.26. The predicted octanol–water partition coefficient (Wildman–Crippen LogP) is 1.16. The quantitative estimate of drug-likeness (QED) is 0.799. The highest BCUT2D eigenvalue weighted by atomic mass is 32.2. The van der Waals surface area contributed by atoms with Crippen molar-refractivity contribution in [3.8, 4) is 0 Å². The van der Waals surface area contributed by atoms with Gasteiger partial charge in [-0.15, -0.1) is 11.8 Å². The molecule has 1 aromatic rings. The first kappa shape index (κ1) is 11.8. The van der Waals surface area contributed by atoms with E-state index in [1.165, 1.54) is 6.42 Å². The van der Waals surface area contributed by atoms with Gasteiger partial charge in [0.25, 0.3) is 0 Å². The molecule has 5 heteroatoms. The van der Waals surface area contributed by atoms with E-state index >= 15 is 0 Å². The Hall–Kier alpha value is -0.650. The molecule has 4 nitrogen and oxygen atoms in total. The minimum Gasteiger partial charge on any atom is -0.395 e. The summed E-state index contributed by atoms with van der Waals surface area (Å²) >= 11 is 1.62. The zero-order valence-electron chi connectivity index (χ0n) is 9.46. The Bertz CT molecular complexity index is 348. The molecule has 1 atom stereocenters. The van der Waals surface area contributed by atoms with Crippen LogP contribution in [0.4, 0.5) is 0 Å². The van der Waals surface area contributed by atoms with Crippen LogP contribution >= 0.6 is 11.8 Å². The van der Waals surface area contributed by atoms with E-state index < -0.39 is 0 Å². The Balaban J connectivity index is 2.08. The lowest BCUT2D eigenvalue weighted by atomic mass is 10.2. The SMILES string of the molecule is CSc1nccnc1CN1CCC[C@@H]1CO. The lowest BCUT2D eigenvalue weighted by Crippen LogP contribution is -2.32. The number of aromatic nitrogens is 2. The van der Waals surface area contributed by atoms with Gasteiger partial charge in [-0.25, -0.2) is 4.98 Å². The first-order valence-electron chi connectivity index (χ1n) is 5.54. The van der Waals surface area contributed by atoms with Gasteiger partial charge in [0, 0.05) is 25.0 Å². The summed E-state index contributed by atoms with van der Waals surface area (Å²) in [6.45, 7) is 2.10. The van der Waals surface area contributed by atoms with Crippen molar-refractivity contribution < 1.29 is 5.11 Å². The number of likely N-dealkylation sites (tertiary alicyclic amines) is 1. The molecule has 0 amide bonds. The van der Waals surface area contributed by atoms with Crippen LogP contribution in [-0.4, -0.2) is 45.4 Å². The molecule has 0 radical (unpaired) electrons. The van der Waals surface area contributed by atoms with Gasteiger partial charge in [-0.3, -0.25) is 9.88 Å². The first-order valence-corrected chi connectivity index (χ1v) is 6.76. The average molecular weight is 239 g/mol. The van der Waals surface area contributed by atoms with Gasteiger partial charge < -0.3 is 5.11 Å². The maximum Gasteiger partial charge on any atom is 0.119 e. The molecular weight excluding hydrogens is 222 g/mol. The first-order chi connectivity index (χ1) is 7.85. The Labute approximate surface area is 100 Å². The highest BCUT2D eigenvalue weighted by Crippen LogP contribution is 2.22. The van der Waals surface area contributed by atoms with Crippen LogP contribution in [0.2, 0.25) is 0 Å². The number of thioether (sulfide) groups is 1. The highest BCUT2D eigenvalue weighted by molar-refractivity contribution is 7.98. The summed E-state index contributed by atoms with van der Waals surface area (Å²) in [7, 11) is 0. The molecule has 0 saturated carbocycles. The molecule has 0 unspecified atom stereocenters. The van der Waals surface area contributed by atoms with Crippen LogP contribution in [0, 0.1) is 0 Å². The number of rotatable bonds is 4. The van der Waals surface area contributed by atoms with Gasteiger partial charge in [-0.2, -0.15) is 0 Å². The number of nitrogens with zero attached hydrogens (tertiary/aromatic N) is 3. The van der Waals surface area contributed by atoms with Crippen molar-refractivity contribution in [2.75, 3.05) is 19.4 Å². The molecule has 1 saturated heterocycles. The van der Waals surface area contributed by atoms with Crippen molar-refractivity contribution in [1.82, 2.24) is 14.9 Å². The van der Waals surface area contributed by atoms with Gasteiger partial charge in [0.1, 0.15) is 5.03 Å². The number of hydrogen-bond acceptors (Lipinski definition) is 5. The van der Waals surface area contributed by atoms with Crippen molar-refractivity contribution in [3.63, 3.8) is 0 Å². The molecule has 1 fully saturated rings. The molecule has 0 aliphatic carbocycles. The van der Waals surface area contributed by atoms with Crippen molar-refractivity contribution in [3.05, 3.63) is 18.1 Å². The summed E-state index contributed by atoms with van der Waals surface area (Å²) < 4.78 is 0. The van der Waals surface area contributed by atoms with E-state index in [0.717, 1.165) is 30.2 Å². The smallest absolute Gasteiger partial charge is 0.119 e. The Morgan fingerprint density at radius 1 is 1.50 bits per heavy atom. The van der Waals surface area contributed by atoms with Gasteiger partial charge in [0.05, 0.1) is 12.3 Å². The summed E-state index contributed by atoms with van der Waals surface area (Å²) in [6, 6.07) is 0.303. The van der Waals surface area contributed by atoms with Crippen LogP contribution in [0.25, 0.3) is 0 Å². The average Bonchev–Trinajstić information content (AvgIpc) is 2.77. The molecule has 0 aromatic carbocycles. The fourth-order valence-corrected chi connectivity index (χ4v) is 2.65. The highest BCUT2D eigenvalue weighted by Gasteiger charge is 2.24. The van der Waals surface area contributed by atoms with Crippen molar-refractivity contribution in [1.29, 1.82) is 0 Å². The predicted molar refractivity (Wildman–Crippen MR) is 64.3 cm³/mol. The Morgan fingerprint density at radius 2 is 2.31 bits per heavy atom. The molecule has 1 aliphatic rings. The largest absolute Gasteiger partial charge is 0.395 e. The molecule has 1 aromatic heterocycles. The number of aliphatic hydroxyl groups is 1. The zero-order chi connectivity index (χ0) is 11.4. The van der Waals surface area contributed by atoms with Crippen LogP contribution in [0.1, 0.15) is 18.5 Å². The Morgan fingerprint density at radius 3 is 3.06 bits per heavy atom. The van der Waals surface area contributed by atoms with Gasteiger partial charge in [-0.1, -0.05) is 0 Å². The van der Waals surface area contributed by atoms with E-state index in [1.807, 2.05) is 6.26 Å². The lowest BCUT2D eigenvalue weighted by molar-refractivity contribution is 0.151. The van der Waals surface area contributed by atoms with Gasteiger partial charge >= 0.3 is 0 Å². The normalized spacial score (nSPS) is 21.5. The minimum atomic E-state index is 0.245. The molecule has 88 valence electrons. The maximum atomic E-state index is 9.26.